The van der Waals surface area contributed by atoms with E-state index >= 15 is 0 Å². The van der Waals surface area contributed by atoms with Gasteiger partial charge in [0, 0.05) is 6.21 Å². The average molecular weight is 159 g/mol. The van der Waals surface area contributed by atoms with Gasteiger partial charge in [0.2, 0.25) is 0 Å². The van der Waals surface area contributed by atoms with Crippen molar-refractivity contribution in [3.63, 3.8) is 0 Å². The molecule has 0 bridgehead atoms. The highest BCUT2D eigenvalue weighted by Crippen LogP contribution is 2.07. The molecule has 0 aliphatic carbocycles. The van der Waals surface area contributed by atoms with Crippen LogP contribution in [0.15, 0.2) is 36.4 Å². The second-order valence-electron chi connectivity index (χ2n) is 2.73. The lowest BCUT2D eigenvalue weighted by molar-refractivity contribution is 1.21. The van der Waals surface area contributed by atoms with Crippen LogP contribution in [-0.2, 0) is 6.42 Å². The zero-order valence-corrected chi connectivity index (χ0v) is 7.25. The van der Waals surface area contributed by atoms with Crippen molar-refractivity contribution in [2.75, 3.05) is 0 Å². The summed E-state index contributed by atoms with van der Waals surface area (Å²) in [5.41, 5.74) is 2.64. The Morgan fingerprint density at radius 3 is 2.75 bits per heavy atom. The molecule has 0 spiro atoms. The normalized spacial score (nSPS) is 10.4. The molecule has 0 aliphatic rings. The zero-order valence-electron chi connectivity index (χ0n) is 7.25. The number of aryl methyl sites for hydroxylation is 1. The quantitative estimate of drug-likeness (QED) is 0.656. The molecule has 0 saturated carbocycles. The first-order valence-electron chi connectivity index (χ1n) is 4.04. The molecule has 1 rings (SSSR count). The van der Waals surface area contributed by atoms with Crippen LogP contribution in [-0.4, -0.2) is 6.21 Å². The van der Waals surface area contributed by atoms with Gasteiger partial charge in [-0.3, -0.25) is 0 Å². The van der Waals surface area contributed by atoms with E-state index in [1.807, 2.05) is 18.2 Å². The van der Waals surface area contributed by atoms with Gasteiger partial charge in [-0.1, -0.05) is 30.3 Å². The first-order valence-corrected chi connectivity index (χ1v) is 4.04. The van der Waals surface area contributed by atoms with Crippen molar-refractivity contribution in [1.29, 1.82) is 5.41 Å². The number of hydrogen-bond acceptors (Lipinski definition) is 1. The van der Waals surface area contributed by atoms with Crippen molar-refractivity contribution in [2.24, 2.45) is 0 Å². The summed E-state index contributed by atoms with van der Waals surface area (Å²) < 4.78 is 0. The Labute approximate surface area is 73.3 Å². The molecule has 1 heteroatoms. The van der Waals surface area contributed by atoms with E-state index in [2.05, 4.69) is 19.1 Å². The van der Waals surface area contributed by atoms with Crippen molar-refractivity contribution in [3.05, 3.63) is 47.5 Å². The van der Waals surface area contributed by atoms with Gasteiger partial charge in [-0.2, -0.15) is 0 Å². The smallest absolute Gasteiger partial charge is 0.0174 e. The van der Waals surface area contributed by atoms with Crippen LogP contribution in [0.3, 0.4) is 0 Å². The molecule has 0 radical (unpaired) electrons. The van der Waals surface area contributed by atoms with E-state index in [9.17, 15) is 0 Å². The lowest BCUT2D eigenvalue weighted by atomic mass is 10.1. The molecule has 1 nitrogen and oxygen atoms in total. The van der Waals surface area contributed by atoms with Gasteiger partial charge < -0.3 is 5.41 Å². The second kappa shape index (κ2) is 4.50. The van der Waals surface area contributed by atoms with E-state index in [0.717, 1.165) is 6.42 Å². The highest BCUT2D eigenvalue weighted by atomic mass is 14.3. The minimum absolute atomic E-state index is 0.919. The fourth-order valence-corrected chi connectivity index (χ4v) is 1.10. The Hall–Kier alpha value is -1.37. The maximum atomic E-state index is 6.81. The van der Waals surface area contributed by atoms with Crippen LogP contribution in [0.25, 0.3) is 0 Å². The SMILES string of the molecule is Cc1ccccc1C/C=C\C=N. The maximum Gasteiger partial charge on any atom is 0.0174 e. The third kappa shape index (κ3) is 2.35. The fourth-order valence-electron chi connectivity index (χ4n) is 1.10. The summed E-state index contributed by atoms with van der Waals surface area (Å²) in [7, 11) is 0. The number of allylic oxidation sites excluding steroid dienone is 2. The standard InChI is InChI=1S/C11H13N/c1-10-6-2-3-7-11(10)8-4-5-9-12/h2-7,9,12H,8H2,1H3/b5-4-,12-9?. The molecule has 0 aromatic heterocycles. The second-order valence-corrected chi connectivity index (χ2v) is 2.73. The van der Waals surface area contributed by atoms with Gasteiger partial charge in [0.05, 0.1) is 0 Å². The molecule has 1 N–H and O–H groups in total. The van der Waals surface area contributed by atoms with Crippen LogP contribution in [0.5, 0.6) is 0 Å². The van der Waals surface area contributed by atoms with Crippen LogP contribution in [0.2, 0.25) is 0 Å². The molecular weight excluding hydrogens is 146 g/mol. The molecule has 0 heterocycles. The maximum absolute atomic E-state index is 6.81. The summed E-state index contributed by atoms with van der Waals surface area (Å²) in [5.74, 6) is 0. The van der Waals surface area contributed by atoms with Crippen LogP contribution >= 0.6 is 0 Å². The minimum Gasteiger partial charge on any atom is -0.309 e. The van der Waals surface area contributed by atoms with Crippen LogP contribution in [0.1, 0.15) is 11.1 Å². The van der Waals surface area contributed by atoms with Crippen molar-refractivity contribution >= 4 is 6.21 Å². The average Bonchev–Trinajstić information content (AvgIpc) is 2.09. The first-order chi connectivity index (χ1) is 5.84. The van der Waals surface area contributed by atoms with E-state index in [1.165, 1.54) is 17.3 Å². The Bertz CT molecular complexity index is 287. The van der Waals surface area contributed by atoms with Crippen molar-refractivity contribution in [1.82, 2.24) is 0 Å². The lowest BCUT2D eigenvalue weighted by Crippen LogP contribution is -1.84. The van der Waals surface area contributed by atoms with E-state index in [4.69, 9.17) is 5.41 Å². The Kier molecular flexibility index (Phi) is 3.27. The Balaban J connectivity index is 2.69. The van der Waals surface area contributed by atoms with Gasteiger partial charge in [0.25, 0.3) is 0 Å². The monoisotopic (exact) mass is 159 g/mol. The van der Waals surface area contributed by atoms with E-state index in [0.29, 0.717) is 0 Å². The van der Waals surface area contributed by atoms with E-state index < -0.39 is 0 Å². The van der Waals surface area contributed by atoms with Gasteiger partial charge in [-0.25, -0.2) is 0 Å². The van der Waals surface area contributed by atoms with Crippen LogP contribution < -0.4 is 0 Å². The molecule has 0 fully saturated rings. The molecule has 1 aromatic carbocycles. The molecule has 0 atom stereocenters. The topological polar surface area (TPSA) is 23.9 Å². The highest BCUT2D eigenvalue weighted by molar-refractivity contribution is 5.67. The summed E-state index contributed by atoms with van der Waals surface area (Å²) in [6, 6.07) is 8.30. The largest absolute Gasteiger partial charge is 0.309 e. The van der Waals surface area contributed by atoms with Gasteiger partial charge in [0.1, 0.15) is 0 Å². The highest BCUT2D eigenvalue weighted by Gasteiger charge is 1.91. The van der Waals surface area contributed by atoms with E-state index in [-0.39, 0.29) is 0 Å². The minimum atomic E-state index is 0.919. The van der Waals surface area contributed by atoms with Crippen LogP contribution in [0, 0.1) is 12.3 Å². The number of benzene rings is 1. The third-order valence-electron chi connectivity index (χ3n) is 1.83. The predicted octanol–water partition coefficient (Wildman–Crippen LogP) is 2.74. The molecule has 62 valence electrons. The fraction of sp³-hybridized carbons (Fsp3) is 0.182. The van der Waals surface area contributed by atoms with Gasteiger partial charge in [-0.05, 0) is 30.5 Å². The van der Waals surface area contributed by atoms with Crippen molar-refractivity contribution in [2.45, 2.75) is 13.3 Å². The number of hydrogen-bond donors (Lipinski definition) is 1. The molecule has 0 aliphatic heterocycles. The zero-order chi connectivity index (χ0) is 8.81. The third-order valence-corrected chi connectivity index (χ3v) is 1.83. The predicted molar refractivity (Wildman–Crippen MR) is 52.8 cm³/mol. The Morgan fingerprint density at radius 1 is 1.33 bits per heavy atom. The summed E-state index contributed by atoms with van der Waals surface area (Å²) in [6.45, 7) is 2.10. The molecule has 12 heavy (non-hydrogen) atoms. The van der Waals surface area contributed by atoms with Gasteiger partial charge in [0.15, 0.2) is 0 Å². The number of rotatable bonds is 3. The molecular formula is C11H13N. The molecule has 0 unspecified atom stereocenters. The van der Waals surface area contributed by atoms with Gasteiger partial charge >= 0.3 is 0 Å². The van der Waals surface area contributed by atoms with Crippen LogP contribution in [0.4, 0.5) is 0 Å². The molecule has 1 aromatic rings. The lowest BCUT2D eigenvalue weighted by Gasteiger charge is -1.99. The Morgan fingerprint density at radius 2 is 2.08 bits per heavy atom. The van der Waals surface area contributed by atoms with Gasteiger partial charge in [-0.15, -0.1) is 0 Å². The van der Waals surface area contributed by atoms with E-state index in [1.54, 1.807) is 6.08 Å². The summed E-state index contributed by atoms with van der Waals surface area (Å²) in [5, 5.41) is 6.81. The first kappa shape index (κ1) is 8.72. The molecule has 0 amide bonds. The number of nitrogens with one attached hydrogen (secondary N) is 1. The van der Waals surface area contributed by atoms with Crippen molar-refractivity contribution < 1.29 is 0 Å². The summed E-state index contributed by atoms with van der Waals surface area (Å²) in [4.78, 5) is 0. The summed E-state index contributed by atoms with van der Waals surface area (Å²) in [6.07, 6.45) is 5.97. The summed E-state index contributed by atoms with van der Waals surface area (Å²) >= 11 is 0. The van der Waals surface area contributed by atoms with Crippen molar-refractivity contribution in [3.8, 4) is 0 Å². The molecule has 0 saturated heterocycles.